The largest absolute Gasteiger partial charge is 0.341 e. The quantitative estimate of drug-likeness (QED) is 0.830. The molecule has 9 heteroatoms. The van der Waals surface area contributed by atoms with E-state index in [1.165, 1.54) is 18.2 Å². The van der Waals surface area contributed by atoms with Crippen LogP contribution in [0.3, 0.4) is 0 Å². The Morgan fingerprint density at radius 2 is 1.91 bits per heavy atom. The zero-order chi connectivity index (χ0) is 17.0. The number of carbonyl (C=O) groups is 1. The van der Waals surface area contributed by atoms with E-state index < -0.39 is 26.4 Å². The number of nitrogens with two attached hydrogens (primary N) is 1. The van der Waals surface area contributed by atoms with Gasteiger partial charge in [0.05, 0.1) is 17.1 Å². The summed E-state index contributed by atoms with van der Waals surface area (Å²) in [6.07, 6.45) is 1.56. The second-order valence-corrected chi connectivity index (χ2v) is 7.35. The lowest BCUT2D eigenvalue weighted by molar-refractivity contribution is -0.117. The fourth-order valence-corrected chi connectivity index (χ4v) is 3.30. The molecule has 1 fully saturated rings. The Labute approximate surface area is 133 Å². The fourth-order valence-electron chi connectivity index (χ4n) is 2.42. The highest BCUT2D eigenvalue weighted by Gasteiger charge is 2.29. The van der Waals surface area contributed by atoms with E-state index in [-0.39, 0.29) is 18.3 Å². The number of hydrogen-bond acceptors (Lipinski definition) is 5. The highest BCUT2D eigenvalue weighted by atomic mass is 32.2. The van der Waals surface area contributed by atoms with Crippen molar-refractivity contribution in [3.8, 4) is 0 Å². The van der Waals surface area contributed by atoms with Gasteiger partial charge in [0.25, 0.3) is 0 Å². The zero-order valence-electron chi connectivity index (χ0n) is 12.4. The standard InChI is InChI=1S/C14H19F2N3O3S/c15-14(16)23(21,22)12-4-2-1-3-11(12)18-13(20)9-19-7-5-10(17)6-8-19/h1-4,10,14H,5-9,17H2,(H,18,20). The molecule has 0 spiro atoms. The molecule has 1 heterocycles. The van der Waals surface area contributed by atoms with Gasteiger partial charge in [-0.1, -0.05) is 12.1 Å². The molecule has 0 saturated carbocycles. The average Bonchev–Trinajstić information content (AvgIpc) is 2.50. The summed E-state index contributed by atoms with van der Waals surface area (Å²) < 4.78 is 48.7. The third-order valence-electron chi connectivity index (χ3n) is 3.70. The summed E-state index contributed by atoms with van der Waals surface area (Å²) in [6, 6.07) is 5.28. The van der Waals surface area contributed by atoms with Crippen LogP contribution in [0.4, 0.5) is 14.5 Å². The number of para-hydroxylation sites is 1. The van der Waals surface area contributed by atoms with E-state index in [0.717, 1.165) is 18.9 Å². The summed E-state index contributed by atoms with van der Waals surface area (Å²) in [6.45, 7) is 1.41. The number of amides is 1. The van der Waals surface area contributed by atoms with Crippen LogP contribution < -0.4 is 11.1 Å². The van der Waals surface area contributed by atoms with Crippen molar-refractivity contribution in [2.45, 2.75) is 29.5 Å². The first-order valence-corrected chi connectivity index (χ1v) is 8.74. The molecule has 1 aromatic rings. The first-order valence-electron chi connectivity index (χ1n) is 7.19. The fraction of sp³-hybridized carbons (Fsp3) is 0.500. The van der Waals surface area contributed by atoms with Gasteiger partial charge in [-0.15, -0.1) is 0 Å². The Bertz CT molecular complexity index is 659. The maximum Gasteiger partial charge on any atom is 0.341 e. The number of anilines is 1. The van der Waals surface area contributed by atoms with Gasteiger partial charge in [-0.05, 0) is 25.0 Å². The van der Waals surface area contributed by atoms with E-state index >= 15 is 0 Å². The van der Waals surface area contributed by atoms with Crippen LogP contribution >= 0.6 is 0 Å². The third-order valence-corrected chi connectivity index (χ3v) is 5.14. The van der Waals surface area contributed by atoms with Crippen molar-refractivity contribution in [3.05, 3.63) is 24.3 Å². The summed E-state index contributed by atoms with van der Waals surface area (Å²) in [4.78, 5) is 13.4. The van der Waals surface area contributed by atoms with Crippen molar-refractivity contribution in [2.24, 2.45) is 5.73 Å². The minimum Gasteiger partial charge on any atom is -0.328 e. The van der Waals surface area contributed by atoms with Crippen LogP contribution in [0.2, 0.25) is 0 Å². The number of likely N-dealkylation sites (tertiary alicyclic amines) is 1. The molecule has 1 aliphatic heterocycles. The molecule has 0 unspecified atom stereocenters. The van der Waals surface area contributed by atoms with Crippen molar-refractivity contribution in [1.29, 1.82) is 0 Å². The maximum absolute atomic E-state index is 12.7. The van der Waals surface area contributed by atoms with Crippen molar-refractivity contribution < 1.29 is 22.0 Å². The highest BCUT2D eigenvalue weighted by molar-refractivity contribution is 7.91. The molecular weight excluding hydrogens is 328 g/mol. The summed E-state index contributed by atoms with van der Waals surface area (Å²) in [5, 5.41) is 2.41. The summed E-state index contributed by atoms with van der Waals surface area (Å²) >= 11 is 0. The number of alkyl halides is 2. The molecule has 0 aliphatic carbocycles. The van der Waals surface area contributed by atoms with Crippen LogP contribution in [0, 0.1) is 0 Å². The first kappa shape index (κ1) is 17.8. The molecule has 0 bridgehead atoms. The normalized spacial score (nSPS) is 17.4. The smallest absolute Gasteiger partial charge is 0.328 e. The van der Waals surface area contributed by atoms with Crippen LogP contribution in [0.1, 0.15) is 12.8 Å². The van der Waals surface area contributed by atoms with E-state index in [9.17, 15) is 22.0 Å². The van der Waals surface area contributed by atoms with Crippen LogP contribution in [0.25, 0.3) is 0 Å². The number of piperidine rings is 1. The SMILES string of the molecule is NC1CCN(CC(=O)Nc2ccccc2S(=O)(=O)C(F)F)CC1. The molecule has 6 nitrogen and oxygen atoms in total. The summed E-state index contributed by atoms with van der Waals surface area (Å²) in [7, 11) is -4.77. The molecule has 0 radical (unpaired) electrons. The van der Waals surface area contributed by atoms with Gasteiger partial charge in [0.2, 0.25) is 15.7 Å². The maximum atomic E-state index is 12.7. The first-order chi connectivity index (χ1) is 10.8. The van der Waals surface area contributed by atoms with Gasteiger partial charge >= 0.3 is 5.76 Å². The number of nitrogens with one attached hydrogen (secondary N) is 1. The number of halogens is 2. The Kier molecular flexibility index (Phi) is 5.66. The van der Waals surface area contributed by atoms with Crippen molar-refractivity contribution >= 4 is 21.4 Å². The topological polar surface area (TPSA) is 92.5 Å². The molecule has 128 valence electrons. The van der Waals surface area contributed by atoms with Gasteiger partial charge in [0.15, 0.2) is 0 Å². The van der Waals surface area contributed by atoms with Gasteiger partial charge in [-0.25, -0.2) is 8.42 Å². The molecular formula is C14H19F2N3O3S. The Balaban J connectivity index is 2.07. The number of nitrogens with zero attached hydrogens (tertiary/aromatic N) is 1. The number of hydrogen-bond donors (Lipinski definition) is 2. The van der Waals surface area contributed by atoms with E-state index in [0.29, 0.717) is 13.1 Å². The van der Waals surface area contributed by atoms with Gasteiger partial charge in [0.1, 0.15) is 0 Å². The Hall–Kier alpha value is -1.58. The lowest BCUT2D eigenvalue weighted by Crippen LogP contribution is -2.43. The minimum atomic E-state index is -4.77. The molecule has 1 saturated heterocycles. The number of sulfone groups is 1. The monoisotopic (exact) mass is 347 g/mol. The second kappa shape index (κ2) is 7.33. The van der Waals surface area contributed by atoms with Crippen LogP contribution in [0.5, 0.6) is 0 Å². The van der Waals surface area contributed by atoms with Crippen LogP contribution in [-0.2, 0) is 14.6 Å². The van der Waals surface area contributed by atoms with E-state index in [1.54, 1.807) is 0 Å². The number of rotatable bonds is 5. The third kappa shape index (κ3) is 4.46. The highest BCUT2D eigenvalue weighted by Crippen LogP contribution is 2.26. The van der Waals surface area contributed by atoms with E-state index in [1.807, 2.05) is 4.90 Å². The predicted octanol–water partition coefficient (Wildman–Crippen LogP) is 1.04. The Morgan fingerprint density at radius 1 is 1.30 bits per heavy atom. The summed E-state index contributed by atoms with van der Waals surface area (Å²) in [5.41, 5.74) is 5.65. The molecule has 1 aliphatic rings. The van der Waals surface area contributed by atoms with E-state index in [4.69, 9.17) is 5.73 Å². The molecule has 1 amide bonds. The number of carbonyl (C=O) groups excluding carboxylic acids is 1. The minimum absolute atomic E-state index is 0.0653. The van der Waals surface area contributed by atoms with Gasteiger partial charge in [-0.3, -0.25) is 9.69 Å². The summed E-state index contributed by atoms with van der Waals surface area (Å²) in [5.74, 6) is -3.98. The van der Waals surface area contributed by atoms with Crippen molar-refractivity contribution in [2.75, 3.05) is 25.0 Å². The Morgan fingerprint density at radius 3 is 2.52 bits per heavy atom. The van der Waals surface area contributed by atoms with Crippen LogP contribution in [-0.4, -0.2) is 50.7 Å². The molecule has 2 rings (SSSR count). The molecule has 0 atom stereocenters. The molecule has 3 N–H and O–H groups in total. The molecule has 23 heavy (non-hydrogen) atoms. The number of benzene rings is 1. The predicted molar refractivity (Wildman–Crippen MR) is 81.9 cm³/mol. The van der Waals surface area contributed by atoms with Crippen molar-refractivity contribution in [3.63, 3.8) is 0 Å². The lowest BCUT2D eigenvalue weighted by atomic mass is 10.1. The lowest BCUT2D eigenvalue weighted by Gasteiger charge is -2.29. The molecule has 0 aromatic heterocycles. The van der Waals surface area contributed by atoms with Crippen LogP contribution in [0.15, 0.2) is 29.2 Å². The van der Waals surface area contributed by atoms with Gasteiger partial charge in [-0.2, -0.15) is 8.78 Å². The molecule has 1 aromatic carbocycles. The van der Waals surface area contributed by atoms with Gasteiger partial charge in [0, 0.05) is 19.1 Å². The average molecular weight is 347 g/mol. The van der Waals surface area contributed by atoms with Gasteiger partial charge < -0.3 is 11.1 Å². The van der Waals surface area contributed by atoms with Crippen molar-refractivity contribution in [1.82, 2.24) is 4.90 Å². The zero-order valence-corrected chi connectivity index (χ0v) is 13.2. The second-order valence-electron chi connectivity index (χ2n) is 5.46. The van der Waals surface area contributed by atoms with E-state index in [2.05, 4.69) is 5.32 Å².